The molecule has 0 N–H and O–H groups in total. The molecule has 0 spiro atoms. The molecule has 3 aliphatic carbocycles. The molecule has 2 fully saturated rings. The Balaban J connectivity index is 2.21. The molecule has 1 heterocycles. The van der Waals surface area contributed by atoms with Gasteiger partial charge in [-0.2, -0.15) is 0 Å². The number of Topliss-reactive ketones (excluding diaryl/α,β-unsaturated/α-hetero) is 1. The number of hydrogen-bond acceptors (Lipinski definition) is 5. The van der Waals surface area contributed by atoms with E-state index in [1.165, 1.54) is 14.2 Å². The zero-order chi connectivity index (χ0) is 14.0. The van der Waals surface area contributed by atoms with E-state index in [1.54, 1.807) is 0 Å². The number of carbonyl (C=O) groups excluding carboxylic acids is 2. The smallest absolute Gasteiger partial charge is 0.306 e. The molecule has 1 saturated carbocycles. The second-order valence-corrected chi connectivity index (χ2v) is 6.38. The van der Waals surface area contributed by atoms with Gasteiger partial charge in [0.15, 0.2) is 0 Å². The Morgan fingerprint density at radius 2 is 2.00 bits per heavy atom. The fourth-order valence-corrected chi connectivity index (χ4v) is 4.78. The minimum absolute atomic E-state index is 0.141. The third-order valence-corrected chi connectivity index (χ3v) is 5.43. The summed E-state index contributed by atoms with van der Waals surface area (Å²) in [4.78, 5) is 24.4. The van der Waals surface area contributed by atoms with Crippen LogP contribution in [-0.2, 0) is 23.8 Å². The Bertz CT molecular complexity index is 495. The number of methoxy groups -OCH3 is 2. The lowest BCUT2D eigenvalue weighted by atomic mass is 9.55. The maximum absolute atomic E-state index is 12.8. The Kier molecular flexibility index (Phi) is 2.72. The van der Waals surface area contributed by atoms with Crippen LogP contribution in [0.1, 0.15) is 13.3 Å². The highest BCUT2D eigenvalue weighted by atomic mass is 79.9. The van der Waals surface area contributed by atoms with E-state index in [4.69, 9.17) is 14.2 Å². The summed E-state index contributed by atoms with van der Waals surface area (Å²) < 4.78 is 17.1. The van der Waals surface area contributed by atoms with E-state index in [0.29, 0.717) is 0 Å². The molecule has 0 amide bonds. The number of ketones is 1. The summed E-state index contributed by atoms with van der Waals surface area (Å²) in [5.41, 5.74) is -0.809. The van der Waals surface area contributed by atoms with E-state index >= 15 is 0 Å². The van der Waals surface area contributed by atoms with Gasteiger partial charge in [-0.25, -0.2) is 0 Å². The van der Waals surface area contributed by atoms with Crippen LogP contribution in [-0.4, -0.2) is 37.9 Å². The van der Waals surface area contributed by atoms with E-state index in [2.05, 4.69) is 15.9 Å². The first-order valence-corrected chi connectivity index (χ1v) is 6.93. The van der Waals surface area contributed by atoms with Crippen molar-refractivity contribution in [3.05, 3.63) is 10.6 Å². The van der Waals surface area contributed by atoms with Crippen LogP contribution in [0.25, 0.3) is 0 Å². The summed E-state index contributed by atoms with van der Waals surface area (Å²) in [7, 11) is 2.88. The first-order valence-electron chi connectivity index (χ1n) is 6.13. The number of esters is 1. The lowest BCUT2D eigenvalue weighted by molar-refractivity contribution is -0.261. The number of halogens is 1. The van der Waals surface area contributed by atoms with Gasteiger partial charge >= 0.3 is 5.97 Å². The minimum atomic E-state index is -1.38. The van der Waals surface area contributed by atoms with Crippen LogP contribution in [0, 0.1) is 17.3 Å². The predicted octanol–water partition coefficient (Wildman–Crippen LogP) is 1.40. The van der Waals surface area contributed by atoms with Crippen LogP contribution in [0.2, 0.25) is 0 Å². The Morgan fingerprint density at radius 1 is 1.37 bits per heavy atom. The number of allylic oxidation sites excluding steroid dienone is 1. The molecule has 4 atom stereocenters. The first-order chi connectivity index (χ1) is 8.90. The van der Waals surface area contributed by atoms with Crippen LogP contribution >= 0.6 is 15.9 Å². The number of carbonyl (C=O) groups is 2. The molecule has 4 aliphatic rings. The average molecular weight is 331 g/mol. The van der Waals surface area contributed by atoms with Gasteiger partial charge in [-0.3, -0.25) is 9.59 Å². The van der Waals surface area contributed by atoms with Crippen molar-refractivity contribution in [2.75, 3.05) is 14.2 Å². The molecule has 0 radical (unpaired) electrons. The SMILES string of the molecule is COC1(OC)C(=O)C2(C)C=C(Br)C1C1OC(=O)CC12. The molecule has 6 heteroatoms. The maximum atomic E-state index is 12.8. The zero-order valence-corrected chi connectivity index (χ0v) is 12.5. The van der Waals surface area contributed by atoms with Gasteiger partial charge in [0.25, 0.3) is 0 Å². The molecule has 0 aromatic heterocycles. The van der Waals surface area contributed by atoms with E-state index in [1.807, 2.05) is 13.0 Å². The van der Waals surface area contributed by atoms with E-state index < -0.39 is 17.1 Å². The monoisotopic (exact) mass is 330 g/mol. The molecular formula is C13H15BrO5. The summed E-state index contributed by atoms with van der Waals surface area (Å²) >= 11 is 3.48. The lowest BCUT2D eigenvalue weighted by Crippen LogP contribution is -2.68. The van der Waals surface area contributed by atoms with E-state index in [9.17, 15) is 9.59 Å². The third kappa shape index (κ3) is 1.37. The van der Waals surface area contributed by atoms with Crippen LogP contribution in [0.5, 0.6) is 0 Å². The molecule has 1 saturated heterocycles. The number of rotatable bonds is 2. The molecule has 4 unspecified atom stereocenters. The minimum Gasteiger partial charge on any atom is -0.461 e. The topological polar surface area (TPSA) is 61.8 Å². The fourth-order valence-electron chi connectivity index (χ4n) is 3.74. The lowest BCUT2D eigenvalue weighted by Gasteiger charge is -2.55. The van der Waals surface area contributed by atoms with Crippen molar-refractivity contribution in [1.29, 1.82) is 0 Å². The first kappa shape index (κ1) is 13.3. The summed E-state index contributed by atoms with van der Waals surface area (Å²) in [6.45, 7) is 1.82. The van der Waals surface area contributed by atoms with Gasteiger partial charge in [0.2, 0.25) is 11.6 Å². The quantitative estimate of drug-likeness (QED) is 0.565. The molecule has 0 aromatic rings. The van der Waals surface area contributed by atoms with Crippen molar-refractivity contribution in [3.8, 4) is 0 Å². The van der Waals surface area contributed by atoms with Gasteiger partial charge in [0.1, 0.15) is 6.10 Å². The van der Waals surface area contributed by atoms with Crippen LogP contribution in [0.4, 0.5) is 0 Å². The normalized spacial score (nSPS) is 42.9. The van der Waals surface area contributed by atoms with Crippen molar-refractivity contribution >= 4 is 27.7 Å². The average Bonchev–Trinajstić information content (AvgIpc) is 2.75. The van der Waals surface area contributed by atoms with Gasteiger partial charge in [0, 0.05) is 24.6 Å². The van der Waals surface area contributed by atoms with Crippen LogP contribution in [0.15, 0.2) is 10.6 Å². The molecule has 2 bridgehead atoms. The maximum Gasteiger partial charge on any atom is 0.306 e. The molecule has 104 valence electrons. The summed E-state index contributed by atoms with van der Waals surface area (Å²) in [5, 5.41) is 0. The summed E-state index contributed by atoms with van der Waals surface area (Å²) in [6.07, 6.45) is 1.76. The van der Waals surface area contributed by atoms with E-state index in [0.717, 1.165) is 4.48 Å². The predicted molar refractivity (Wildman–Crippen MR) is 68.4 cm³/mol. The van der Waals surface area contributed by atoms with Crippen molar-refractivity contribution in [1.82, 2.24) is 0 Å². The highest BCUT2D eigenvalue weighted by molar-refractivity contribution is 9.11. The van der Waals surface area contributed by atoms with Crippen molar-refractivity contribution in [2.45, 2.75) is 25.2 Å². The molecule has 1 aliphatic heterocycles. The van der Waals surface area contributed by atoms with Crippen LogP contribution < -0.4 is 0 Å². The summed E-state index contributed by atoms with van der Waals surface area (Å²) in [6, 6.07) is 0. The number of ether oxygens (including phenoxy) is 3. The standard InChI is InChI=1S/C13H15BrO5/c1-12-5-7(14)9(10-6(12)4-8(15)19-10)13(17-2,18-3)11(12)16/h5-6,9-10H,4H2,1-3H3. The van der Waals surface area contributed by atoms with Gasteiger partial charge in [-0.1, -0.05) is 22.0 Å². The molecule has 0 aromatic carbocycles. The fraction of sp³-hybridized carbons (Fsp3) is 0.692. The third-order valence-electron chi connectivity index (χ3n) is 4.71. The van der Waals surface area contributed by atoms with Crippen molar-refractivity contribution in [2.24, 2.45) is 17.3 Å². The van der Waals surface area contributed by atoms with Gasteiger partial charge < -0.3 is 14.2 Å². The Hall–Kier alpha value is -0.720. The summed E-state index contributed by atoms with van der Waals surface area (Å²) in [5.74, 6) is -2.37. The highest BCUT2D eigenvalue weighted by Gasteiger charge is 2.71. The van der Waals surface area contributed by atoms with E-state index in [-0.39, 0.29) is 30.2 Å². The number of fused-ring (bicyclic) bond motifs is 1. The molecule has 19 heavy (non-hydrogen) atoms. The molecular weight excluding hydrogens is 316 g/mol. The second-order valence-electron chi connectivity index (χ2n) is 5.46. The van der Waals surface area contributed by atoms with Crippen LogP contribution in [0.3, 0.4) is 0 Å². The molecule has 4 rings (SSSR count). The van der Waals surface area contributed by atoms with Crippen molar-refractivity contribution in [3.63, 3.8) is 0 Å². The molecule has 5 nitrogen and oxygen atoms in total. The van der Waals surface area contributed by atoms with Gasteiger partial charge in [-0.15, -0.1) is 0 Å². The second kappa shape index (κ2) is 3.90. The Labute approximate surface area is 119 Å². The van der Waals surface area contributed by atoms with Crippen molar-refractivity contribution < 1.29 is 23.8 Å². The zero-order valence-electron chi connectivity index (χ0n) is 10.9. The largest absolute Gasteiger partial charge is 0.461 e. The van der Waals surface area contributed by atoms with Gasteiger partial charge in [0.05, 0.1) is 17.8 Å². The number of hydrogen-bond donors (Lipinski definition) is 0. The van der Waals surface area contributed by atoms with Gasteiger partial charge in [-0.05, 0) is 6.92 Å². The highest BCUT2D eigenvalue weighted by Crippen LogP contribution is 2.60. The Morgan fingerprint density at radius 3 is 2.58 bits per heavy atom.